The molecular formula is C22H22N2O5S. The van der Waals surface area contributed by atoms with Gasteiger partial charge in [-0.2, -0.15) is 0 Å². The number of carbonyl (C=O) groups excluding carboxylic acids is 1. The number of fused-ring (bicyclic) bond motifs is 2. The van der Waals surface area contributed by atoms with Crippen LogP contribution >= 0.6 is 0 Å². The van der Waals surface area contributed by atoms with Crippen LogP contribution < -0.4 is 10.0 Å². The predicted octanol–water partition coefficient (Wildman–Crippen LogP) is 3.26. The summed E-state index contributed by atoms with van der Waals surface area (Å²) in [6.07, 6.45) is 4.51. The summed E-state index contributed by atoms with van der Waals surface area (Å²) < 4.78 is 27.5. The summed E-state index contributed by atoms with van der Waals surface area (Å²) in [7, 11) is -3.71. The molecule has 0 aromatic heterocycles. The van der Waals surface area contributed by atoms with E-state index in [1.807, 2.05) is 19.1 Å². The molecule has 0 radical (unpaired) electrons. The largest absolute Gasteiger partial charge is 0.481 e. The Labute approximate surface area is 174 Å². The van der Waals surface area contributed by atoms with Gasteiger partial charge in [-0.05, 0) is 61.6 Å². The SMILES string of the molecule is Cc1ccc(S(=O)(=O)Nc2ccc(NC(=O)[C@H]3[C@@H](C(=O)O)[C@H]4C=C[C@@H]3C4)cc2)cc1. The lowest BCUT2D eigenvalue weighted by Crippen LogP contribution is -2.36. The highest BCUT2D eigenvalue weighted by molar-refractivity contribution is 7.92. The summed E-state index contributed by atoms with van der Waals surface area (Å²) in [5, 5.41) is 12.3. The highest BCUT2D eigenvalue weighted by Gasteiger charge is 2.51. The van der Waals surface area contributed by atoms with Gasteiger partial charge in [-0.3, -0.25) is 14.3 Å². The molecule has 8 heteroatoms. The number of amides is 1. The number of anilines is 2. The van der Waals surface area contributed by atoms with Crippen molar-refractivity contribution < 1.29 is 23.1 Å². The third-order valence-corrected chi connectivity index (χ3v) is 7.18. The number of nitrogens with one attached hydrogen (secondary N) is 2. The number of allylic oxidation sites excluding steroid dienone is 2. The van der Waals surface area contributed by atoms with Crippen molar-refractivity contribution in [1.82, 2.24) is 0 Å². The van der Waals surface area contributed by atoms with Gasteiger partial charge in [0.1, 0.15) is 0 Å². The van der Waals surface area contributed by atoms with Crippen molar-refractivity contribution in [3.05, 3.63) is 66.2 Å². The maximum absolute atomic E-state index is 12.7. The number of benzene rings is 2. The van der Waals surface area contributed by atoms with E-state index in [0.29, 0.717) is 17.8 Å². The van der Waals surface area contributed by atoms with Crippen molar-refractivity contribution in [1.29, 1.82) is 0 Å². The molecule has 7 nitrogen and oxygen atoms in total. The van der Waals surface area contributed by atoms with E-state index < -0.39 is 27.8 Å². The fourth-order valence-corrected chi connectivity index (χ4v) is 5.35. The minimum atomic E-state index is -3.71. The first-order valence-electron chi connectivity index (χ1n) is 9.66. The van der Waals surface area contributed by atoms with E-state index in [9.17, 15) is 23.1 Å². The average Bonchev–Trinajstić information content (AvgIpc) is 3.31. The second-order valence-electron chi connectivity index (χ2n) is 7.82. The summed E-state index contributed by atoms with van der Waals surface area (Å²) in [5.41, 5.74) is 1.80. The Balaban J connectivity index is 1.44. The van der Waals surface area contributed by atoms with Crippen LogP contribution in [0.5, 0.6) is 0 Å². The third-order valence-electron chi connectivity index (χ3n) is 5.78. The summed E-state index contributed by atoms with van der Waals surface area (Å²) in [4.78, 5) is 24.5. The molecule has 4 atom stereocenters. The van der Waals surface area contributed by atoms with Crippen molar-refractivity contribution in [3.63, 3.8) is 0 Å². The van der Waals surface area contributed by atoms with Crippen LogP contribution in [0.2, 0.25) is 0 Å². The van der Waals surface area contributed by atoms with Gasteiger partial charge in [0.25, 0.3) is 10.0 Å². The third kappa shape index (κ3) is 3.82. The van der Waals surface area contributed by atoms with Gasteiger partial charge >= 0.3 is 5.97 Å². The number of carboxylic acid groups (broad SMARTS) is 1. The van der Waals surface area contributed by atoms with Gasteiger partial charge in [-0.25, -0.2) is 8.42 Å². The Kier molecular flexibility index (Phi) is 5.11. The first kappa shape index (κ1) is 20.2. The summed E-state index contributed by atoms with van der Waals surface area (Å²) >= 11 is 0. The molecule has 2 bridgehead atoms. The topological polar surface area (TPSA) is 113 Å². The van der Waals surface area contributed by atoms with Crippen molar-refractivity contribution in [2.24, 2.45) is 23.7 Å². The van der Waals surface area contributed by atoms with E-state index in [4.69, 9.17) is 0 Å². The normalized spacial score (nSPS) is 24.6. The maximum atomic E-state index is 12.7. The van der Waals surface area contributed by atoms with Gasteiger partial charge in [0.05, 0.1) is 16.7 Å². The molecule has 0 unspecified atom stereocenters. The monoisotopic (exact) mass is 426 g/mol. The number of aryl methyl sites for hydroxylation is 1. The van der Waals surface area contributed by atoms with Gasteiger partial charge in [-0.1, -0.05) is 29.8 Å². The van der Waals surface area contributed by atoms with Crippen LogP contribution in [-0.4, -0.2) is 25.4 Å². The number of hydrogen-bond acceptors (Lipinski definition) is 4. The minimum absolute atomic E-state index is 0.0586. The summed E-state index contributed by atoms with van der Waals surface area (Å²) in [5.74, 6) is -2.74. The number of carboxylic acids is 1. The fourth-order valence-electron chi connectivity index (χ4n) is 4.30. The Bertz CT molecular complexity index is 1110. The van der Waals surface area contributed by atoms with Crippen LogP contribution in [0.25, 0.3) is 0 Å². The van der Waals surface area contributed by atoms with E-state index >= 15 is 0 Å². The molecule has 1 saturated carbocycles. The van der Waals surface area contributed by atoms with Crippen LogP contribution in [0.15, 0.2) is 65.6 Å². The number of hydrogen-bond donors (Lipinski definition) is 3. The van der Waals surface area contributed by atoms with Crippen LogP contribution in [0.1, 0.15) is 12.0 Å². The number of aliphatic carboxylic acids is 1. The summed E-state index contributed by atoms with van der Waals surface area (Å²) in [6, 6.07) is 12.8. The first-order chi connectivity index (χ1) is 14.2. The lowest BCUT2D eigenvalue weighted by molar-refractivity contribution is -0.146. The zero-order chi connectivity index (χ0) is 21.5. The predicted molar refractivity (Wildman–Crippen MR) is 112 cm³/mol. The summed E-state index contributed by atoms with van der Waals surface area (Å²) in [6.45, 7) is 1.88. The fraction of sp³-hybridized carbons (Fsp3) is 0.273. The Morgan fingerprint density at radius 2 is 1.47 bits per heavy atom. The molecule has 0 spiro atoms. The Morgan fingerprint density at radius 1 is 0.900 bits per heavy atom. The molecule has 0 saturated heterocycles. The zero-order valence-corrected chi connectivity index (χ0v) is 17.1. The molecule has 2 aliphatic rings. The van der Waals surface area contributed by atoms with Gasteiger partial charge < -0.3 is 10.4 Å². The zero-order valence-electron chi connectivity index (χ0n) is 16.3. The lowest BCUT2D eigenvalue weighted by atomic mass is 9.82. The second kappa shape index (κ2) is 7.60. The molecule has 2 aromatic carbocycles. The number of rotatable bonds is 6. The lowest BCUT2D eigenvalue weighted by Gasteiger charge is -2.23. The number of sulfonamides is 1. The first-order valence-corrected chi connectivity index (χ1v) is 11.1. The Hall–Kier alpha value is -3.13. The van der Waals surface area contributed by atoms with Crippen molar-refractivity contribution in [2.75, 3.05) is 10.0 Å². The molecule has 1 amide bonds. The van der Waals surface area contributed by atoms with Gasteiger partial charge in [0.15, 0.2) is 0 Å². The average molecular weight is 426 g/mol. The van der Waals surface area contributed by atoms with Gasteiger partial charge in [0.2, 0.25) is 5.91 Å². The smallest absolute Gasteiger partial charge is 0.307 e. The molecule has 156 valence electrons. The molecular weight excluding hydrogens is 404 g/mol. The molecule has 30 heavy (non-hydrogen) atoms. The molecule has 1 fully saturated rings. The van der Waals surface area contributed by atoms with E-state index in [1.165, 1.54) is 12.1 Å². The highest BCUT2D eigenvalue weighted by Crippen LogP contribution is 2.48. The standard InChI is InChI=1S/C22H22N2O5S/c1-13-2-10-18(11-3-13)30(28,29)24-17-8-6-16(7-9-17)23-21(25)19-14-4-5-15(12-14)20(19)22(26)27/h2-11,14-15,19-20,24H,12H2,1H3,(H,23,25)(H,26,27)/t14-,15+,19-,20+/m1/s1. The molecule has 0 heterocycles. The Morgan fingerprint density at radius 3 is 2.07 bits per heavy atom. The van der Waals surface area contributed by atoms with E-state index in [2.05, 4.69) is 10.0 Å². The molecule has 3 N–H and O–H groups in total. The second-order valence-corrected chi connectivity index (χ2v) is 9.51. The quantitative estimate of drug-likeness (QED) is 0.614. The van der Waals surface area contributed by atoms with Crippen LogP contribution in [-0.2, 0) is 19.6 Å². The van der Waals surface area contributed by atoms with Gasteiger partial charge in [0, 0.05) is 11.4 Å². The van der Waals surface area contributed by atoms with E-state index in [1.54, 1.807) is 36.4 Å². The van der Waals surface area contributed by atoms with Gasteiger partial charge in [-0.15, -0.1) is 0 Å². The molecule has 2 aliphatic carbocycles. The van der Waals surface area contributed by atoms with E-state index in [-0.39, 0.29) is 22.6 Å². The van der Waals surface area contributed by atoms with Crippen molar-refractivity contribution >= 4 is 33.3 Å². The van der Waals surface area contributed by atoms with Crippen LogP contribution in [0.4, 0.5) is 11.4 Å². The van der Waals surface area contributed by atoms with Crippen LogP contribution in [0, 0.1) is 30.6 Å². The maximum Gasteiger partial charge on any atom is 0.307 e. The molecule has 0 aliphatic heterocycles. The molecule has 2 aromatic rings. The highest BCUT2D eigenvalue weighted by atomic mass is 32.2. The van der Waals surface area contributed by atoms with Crippen molar-refractivity contribution in [2.45, 2.75) is 18.2 Å². The number of carbonyl (C=O) groups is 2. The minimum Gasteiger partial charge on any atom is -0.481 e. The van der Waals surface area contributed by atoms with Crippen LogP contribution in [0.3, 0.4) is 0 Å². The molecule has 4 rings (SSSR count). The van der Waals surface area contributed by atoms with Crippen molar-refractivity contribution in [3.8, 4) is 0 Å². The van der Waals surface area contributed by atoms with E-state index in [0.717, 1.165) is 5.56 Å².